The van der Waals surface area contributed by atoms with Gasteiger partial charge in [-0.15, -0.1) is 11.3 Å². The van der Waals surface area contributed by atoms with Crippen molar-refractivity contribution in [1.29, 1.82) is 0 Å². The van der Waals surface area contributed by atoms with Crippen molar-refractivity contribution in [3.05, 3.63) is 59.7 Å². The van der Waals surface area contributed by atoms with Gasteiger partial charge in [-0.1, -0.05) is 24.3 Å². The highest BCUT2D eigenvalue weighted by Gasteiger charge is 2.23. The number of rotatable bonds is 5. The van der Waals surface area contributed by atoms with Crippen molar-refractivity contribution < 1.29 is 13.9 Å². The van der Waals surface area contributed by atoms with Crippen LogP contribution in [0.3, 0.4) is 0 Å². The predicted octanol–water partition coefficient (Wildman–Crippen LogP) is 4.67. The summed E-state index contributed by atoms with van der Waals surface area (Å²) < 4.78 is 19.0. The molecule has 2 N–H and O–H groups in total. The molecule has 4 rings (SSSR count). The molecule has 7 heteroatoms. The van der Waals surface area contributed by atoms with E-state index in [0.29, 0.717) is 24.0 Å². The Hall–Kier alpha value is -2.77. The van der Waals surface area contributed by atoms with Crippen LogP contribution in [0.2, 0.25) is 0 Å². The number of halogens is 1. The molecule has 0 radical (unpaired) electrons. The third-order valence-corrected chi connectivity index (χ3v) is 5.10. The molecule has 1 saturated heterocycles. The number of aromatic nitrogens is 1. The molecule has 27 heavy (non-hydrogen) atoms. The first-order valence-corrected chi connectivity index (χ1v) is 9.53. The van der Waals surface area contributed by atoms with Crippen molar-refractivity contribution in [2.75, 3.05) is 23.8 Å². The Morgan fingerprint density at radius 2 is 2.11 bits per heavy atom. The first kappa shape index (κ1) is 17.6. The van der Waals surface area contributed by atoms with Crippen molar-refractivity contribution in [1.82, 2.24) is 4.98 Å². The first-order valence-electron chi connectivity index (χ1n) is 8.65. The van der Waals surface area contributed by atoms with E-state index in [0.717, 1.165) is 23.4 Å². The number of thiazole rings is 1. The van der Waals surface area contributed by atoms with Crippen LogP contribution in [0.1, 0.15) is 6.42 Å². The SMILES string of the molecule is O=C(Nc1cccc(-c2csc(Nc3ccccc3F)n2)c1)[C@@H]1CCOC1. The van der Waals surface area contributed by atoms with Gasteiger partial charge in [-0.3, -0.25) is 4.79 Å². The zero-order valence-corrected chi connectivity index (χ0v) is 15.3. The minimum atomic E-state index is -0.324. The molecule has 0 bridgehead atoms. The average molecular weight is 383 g/mol. The second-order valence-electron chi connectivity index (χ2n) is 6.27. The van der Waals surface area contributed by atoms with Gasteiger partial charge in [0.2, 0.25) is 5.91 Å². The monoisotopic (exact) mass is 383 g/mol. The lowest BCUT2D eigenvalue weighted by molar-refractivity contribution is -0.119. The molecule has 2 heterocycles. The number of ether oxygens (including phenoxy) is 1. The lowest BCUT2D eigenvalue weighted by Crippen LogP contribution is -2.22. The molecule has 0 aliphatic carbocycles. The second-order valence-corrected chi connectivity index (χ2v) is 7.13. The Balaban J connectivity index is 1.48. The van der Waals surface area contributed by atoms with E-state index < -0.39 is 0 Å². The van der Waals surface area contributed by atoms with E-state index in [4.69, 9.17) is 4.74 Å². The topological polar surface area (TPSA) is 63.2 Å². The minimum absolute atomic E-state index is 0.0233. The van der Waals surface area contributed by atoms with E-state index in [9.17, 15) is 9.18 Å². The Labute approximate surface area is 160 Å². The molecule has 5 nitrogen and oxygen atoms in total. The summed E-state index contributed by atoms with van der Waals surface area (Å²) in [7, 11) is 0. The summed E-state index contributed by atoms with van der Waals surface area (Å²) in [4.78, 5) is 16.8. The van der Waals surface area contributed by atoms with E-state index in [-0.39, 0.29) is 17.6 Å². The molecule has 0 unspecified atom stereocenters. The van der Waals surface area contributed by atoms with Crippen LogP contribution >= 0.6 is 11.3 Å². The molecule has 1 aliphatic rings. The summed E-state index contributed by atoms with van der Waals surface area (Å²) in [6.07, 6.45) is 0.753. The van der Waals surface area contributed by atoms with Gasteiger partial charge >= 0.3 is 0 Å². The Morgan fingerprint density at radius 3 is 2.93 bits per heavy atom. The van der Waals surface area contributed by atoms with E-state index in [2.05, 4.69) is 15.6 Å². The number of benzene rings is 2. The highest BCUT2D eigenvalue weighted by Crippen LogP contribution is 2.29. The van der Waals surface area contributed by atoms with Gasteiger partial charge in [0.05, 0.1) is 23.9 Å². The maximum absolute atomic E-state index is 13.8. The van der Waals surface area contributed by atoms with Crippen molar-refractivity contribution in [3.8, 4) is 11.3 Å². The molecule has 1 amide bonds. The summed E-state index contributed by atoms with van der Waals surface area (Å²) in [6, 6.07) is 14.0. The fourth-order valence-corrected chi connectivity index (χ4v) is 3.62. The van der Waals surface area contributed by atoms with E-state index in [1.807, 2.05) is 29.6 Å². The van der Waals surface area contributed by atoms with Gasteiger partial charge in [-0.05, 0) is 30.7 Å². The molecule has 1 aromatic heterocycles. The summed E-state index contributed by atoms with van der Waals surface area (Å²) >= 11 is 1.40. The van der Waals surface area contributed by atoms with Crippen LogP contribution in [0.25, 0.3) is 11.3 Å². The zero-order chi connectivity index (χ0) is 18.6. The van der Waals surface area contributed by atoms with E-state index in [1.54, 1.807) is 18.2 Å². The molecular formula is C20H18FN3O2S. The highest BCUT2D eigenvalue weighted by atomic mass is 32.1. The van der Waals surface area contributed by atoms with Gasteiger partial charge < -0.3 is 15.4 Å². The van der Waals surface area contributed by atoms with Gasteiger partial charge in [0.25, 0.3) is 0 Å². The van der Waals surface area contributed by atoms with Gasteiger partial charge in [0.15, 0.2) is 5.13 Å². The summed E-state index contributed by atoms with van der Waals surface area (Å²) in [5.41, 5.74) is 2.76. The zero-order valence-electron chi connectivity index (χ0n) is 14.4. The molecule has 1 aliphatic heterocycles. The number of hydrogen-bond donors (Lipinski definition) is 2. The van der Waals surface area contributed by atoms with Crippen LogP contribution in [-0.2, 0) is 9.53 Å². The van der Waals surface area contributed by atoms with Crippen molar-refractivity contribution >= 4 is 33.8 Å². The fraction of sp³-hybridized carbons (Fsp3) is 0.200. The molecule has 3 aromatic rings. The molecular weight excluding hydrogens is 365 g/mol. The Bertz CT molecular complexity index is 954. The lowest BCUT2D eigenvalue weighted by Gasteiger charge is -2.10. The number of para-hydroxylation sites is 1. The van der Waals surface area contributed by atoms with Crippen molar-refractivity contribution in [2.24, 2.45) is 5.92 Å². The van der Waals surface area contributed by atoms with Crippen LogP contribution in [0.15, 0.2) is 53.9 Å². The third kappa shape index (κ3) is 4.15. The Morgan fingerprint density at radius 1 is 1.22 bits per heavy atom. The number of carbonyl (C=O) groups is 1. The number of carbonyl (C=O) groups excluding carboxylic acids is 1. The standard InChI is InChI=1S/C20H18FN3O2S/c21-16-6-1-2-7-17(16)23-20-24-18(12-27-20)13-4-3-5-15(10-13)22-19(25)14-8-9-26-11-14/h1-7,10,12,14H,8-9,11H2,(H,22,25)(H,23,24)/t14-/m1/s1. The number of nitrogens with zero attached hydrogens (tertiary/aromatic N) is 1. The smallest absolute Gasteiger partial charge is 0.229 e. The van der Waals surface area contributed by atoms with Gasteiger partial charge in [-0.2, -0.15) is 0 Å². The first-order chi connectivity index (χ1) is 13.2. The third-order valence-electron chi connectivity index (χ3n) is 4.35. The van der Waals surface area contributed by atoms with Gasteiger partial charge in [0.1, 0.15) is 5.82 Å². The average Bonchev–Trinajstić information content (AvgIpc) is 3.36. The second kappa shape index (κ2) is 7.85. The summed E-state index contributed by atoms with van der Waals surface area (Å²) in [5, 5.41) is 8.44. The van der Waals surface area contributed by atoms with Crippen LogP contribution in [0, 0.1) is 11.7 Å². The number of amides is 1. The largest absolute Gasteiger partial charge is 0.381 e. The molecule has 0 saturated carbocycles. The molecule has 1 fully saturated rings. The highest BCUT2D eigenvalue weighted by molar-refractivity contribution is 7.14. The van der Waals surface area contributed by atoms with Crippen LogP contribution < -0.4 is 10.6 Å². The summed E-state index contributed by atoms with van der Waals surface area (Å²) in [6.45, 7) is 1.11. The maximum atomic E-state index is 13.8. The summed E-state index contributed by atoms with van der Waals surface area (Å²) in [5.74, 6) is -0.441. The van der Waals surface area contributed by atoms with Crippen molar-refractivity contribution in [2.45, 2.75) is 6.42 Å². The number of hydrogen-bond acceptors (Lipinski definition) is 5. The van der Waals surface area contributed by atoms with E-state index in [1.165, 1.54) is 17.4 Å². The number of nitrogens with one attached hydrogen (secondary N) is 2. The van der Waals surface area contributed by atoms with Gasteiger partial charge in [-0.25, -0.2) is 9.37 Å². The predicted molar refractivity (Wildman–Crippen MR) is 105 cm³/mol. The lowest BCUT2D eigenvalue weighted by atomic mass is 10.1. The normalized spacial score (nSPS) is 16.3. The molecule has 1 atom stereocenters. The fourth-order valence-electron chi connectivity index (χ4n) is 2.88. The molecule has 138 valence electrons. The van der Waals surface area contributed by atoms with Crippen LogP contribution in [-0.4, -0.2) is 24.1 Å². The van der Waals surface area contributed by atoms with Crippen LogP contribution in [0.5, 0.6) is 0 Å². The molecule has 2 aromatic carbocycles. The maximum Gasteiger partial charge on any atom is 0.229 e. The van der Waals surface area contributed by atoms with Gasteiger partial charge in [0, 0.05) is 23.2 Å². The van der Waals surface area contributed by atoms with Crippen molar-refractivity contribution in [3.63, 3.8) is 0 Å². The van der Waals surface area contributed by atoms with Crippen LogP contribution in [0.4, 0.5) is 20.9 Å². The Kier molecular flexibility index (Phi) is 5.13. The van der Waals surface area contributed by atoms with E-state index >= 15 is 0 Å². The minimum Gasteiger partial charge on any atom is -0.381 e. The quantitative estimate of drug-likeness (QED) is 0.672. The number of anilines is 3. The molecule has 0 spiro atoms.